The topological polar surface area (TPSA) is 17.3 Å². The van der Waals surface area contributed by atoms with Gasteiger partial charge < -0.3 is 0 Å². The predicted octanol–water partition coefficient (Wildman–Crippen LogP) is 3.51. The second kappa shape index (κ2) is 3.23. The molecule has 0 aliphatic heterocycles. The maximum atomic E-state index is 12.7. The summed E-state index contributed by atoms with van der Waals surface area (Å²) in [5.74, 6) is 0. The van der Waals surface area contributed by atoms with Gasteiger partial charge in [-0.15, -0.1) is 0 Å². The lowest BCUT2D eigenvalue weighted by molar-refractivity contribution is -0.136. The van der Waals surface area contributed by atoms with E-state index in [2.05, 4.69) is 5.10 Å². The molecule has 3 aromatic rings. The number of hydrogen-bond acceptors (Lipinski definition) is 1. The summed E-state index contributed by atoms with van der Waals surface area (Å²) in [4.78, 5) is 0. The van der Waals surface area contributed by atoms with Gasteiger partial charge in [-0.05, 0) is 12.1 Å². The Labute approximate surface area is 94.3 Å². The van der Waals surface area contributed by atoms with E-state index in [4.69, 9.17) is 0 Å². The van der Waals surface area contributed by atoms with E-state index in [1.165, 1.54) is 10.6 Å². The second-order valence-electron chi connectivity index (χ2n) is 3.75. The van der Waals surface area contributed by atoms with Gasteiger partial charge >= 0.3 is 6.18 Å². The Morgan fingerprint density at radius 3 is 2.47 bits per heavy atom. The van der Waals surface area contributed by atoms with Crippen molar-refractivity contribution in [3.63, 3.8) is 0 Å². The lowest BCUT2D eigenvalue weighted by Crippen LogP contribution is -2.04. The summed E-state index contributed by atoms with van der Waals surface area (Å²) in [6, 6.07) is 10.3. The number of alkyl halides is 3. The zero-order valence-electron chi connectivity index (χ0n) is 8.57. The monoisotopic (exact) mass is 236 g/mol. The van der Waals surface area contributed by atoms with Crippen LogP contribution in [0.25, 0.3) is 16.4 Å². The third-order valence-electron chi connectivity index (χ3n) is 2.70. The molecule has 3 rings (SSSR count). The van der Waals surface area contributed by atoms with Crippen molar-refractivity contribution < 1.29 is 13.2 Å². The van der Waals surface area contributed by atoms with E-state index in [1.54, 1.807) is 18.2 Å². The zero-order valence-corrected chi connectivity index (χ0v) is 8.57. The molecule has 2 heterocycles. The lowest BCUT2D eigenvalue weighted by atomic mass is 10.2. The minimum atomic E-state index is -4.37. The highest BCUT2D eigenvalue weighted by molar-refractivity contribution is 5.83. The van der Waals surface area contributed by atoms with E-state index in [0.29, 0.717) is 5.52 Å². The van der Waals surface area contributed by atoms with Gasteiger partial charge in [-0.1, -0.05) is 24.3 Å². The Morgan fingerprint density at radius 1 is 0.941 bits per heavy atom. The number of para-hydroxylation sites is 1. The maximum absolute atomic E-state index is 12.7. The molecule has 0 spiro atoms. The molecular formula is C12H7F3N2. The summed E-state index contributed by atoms with van der Waals surface area (Å²) in [7, 11) is 0. The van der Waals surface area contributed by atoms with Gasteiger partial charge in [0.2, 0.25) is 0 Å². The first-order valence-electron chi connectivity index (χ1n) is 5.00. The van der Waals surface area contributed by atoms with Crippen LogP contribution in [0, 0.1) is 0 Å². The summed E-state index contributed by atoms with van der Waals surface area (Å²) in [6.45, 7) is 0. The molecule has 17 heavy (non-hydrogen) atoms. The molecule has 0 radical (unpaired) electrons. The van der Waals surface area contributed by atoms with Gasteiger partial charge in [-0.3, -0.25) is 0 Å². The second-order valence-corrected chi connectivity index (χ2v) is 3.75. The van der Waals surface area contributed by atoms with Gasteiger partial charge in [-0.25, -0.2) is 4.52 Å². The quantitative estimate of drug-likeness (QED) is 0.583. The van der Waals surface area contributed by atoms with Crippen LogP contribution in [0.15, 0.2) is 42.6 Å². The minimum absolute atomic E-state index is 0.0798. The van der Waals surface area contributed by atoms with Crippen LogP contribution in [0.4, 0.5) is 13.2 Å². The van der Waals surface area contributed by atoms with Gasteiger partial charge in [-0.2, -0.15) is 18.3 Å². The summed E-state index contributed by atoms with van der Waals surface area (Å²) >= 11 is 0. The fourth-order valence-corrected chi connectivity index (χ4v) is 1.92. The first-order chi connectivity index (χ1) is 8.07. The largest absolute Gasteiger partial charge is 0.420 e. The van der Waals surface area contributed by atoms with Crippen molar-refractivity contribution in [1.82, 2.24) is 9.61 Å². The van der Waals surface area contributed by atoms with Crippen molar-refractivity contribution in [1.29, 1.82) is 0 Å². The molecule has 0 saturated carbocycles. The number of fused-ring (bicyclic) bond motifs is 3. The minimum Gasteiger partial charge on any atom is -0.232 e. The summed E-state index contributed by atoms with van der Waals surface area (Å²) < 4.78 is 39.4. The van der Waals surface area contributed by atoms with Gasteiger partial charge in [0, 0.05) is 5.39 Å². The van der Waals surface area contributed by atoms with Crippen molar-refractivity contribution in [2.75, 3.05) is 0 Å². The van der Waals surface area contributed by atoms with Crippen molar-refractivity contribution >= 4 is 16.4 Å². The molecule has 2 aromatic heterocycles. The molecule has 0 amide bonds. The number of benzene rings is 1. The Hall–Kier alpha value is -2.04. The van der Waals surface area contributed by atoms with Crippen molar-refractivity contribution in [2.45, 2.75) is 6.18 Å². The van der Waals surface area contributed by atoms with Gasteiger partial charge in [0.05, 0.1) is 17.2 Å². The normalized spacial score (nSPS) is 12.4. The lowest BCUT2D eigenvalue weighted by Gasteiger charge is -2.05. The highest BCUT2D eigenvalue weighted by atomic mass is 19.4. The van der Waals surface area contributed by atoms with Crippen LogP contribution in [0.1, 0.15) is 5.56 Å². The number of halogens is 3. The molecule has 0 fully saturated rings. The van der Waals surface area contributed by atoms with Crippen LogP contribution in [-0.4, -0.2) is 9.61 Å². The van der Waals surface area contributed by atoms with Crippen LogP contribution >= 0.6 is 0 Å². The number of aromatic nitrogens is 2. The number of rotatable bonds is 0. The molecular weight excluding hydrogens is 229 g/mol. The van der Waals surface area contributed by atoms with Crippen molar-refractivity contribution in [2.24, 2.45) is 0 Å². The van der Waals surface area contributed by atoms with Crippen molar-refractivity contribution in [3.05, 3.63) is 48.2 Å². The molecule has 5 heteroatoms. The summed E-state index contributed by atoms with van der Waals surface area (Å²) in [6.07, 6.45) is -3.51. The molecule has 1 aromatic carbocycles. The first kappa shape index (κ1) is 10.1. The molecule has 0 saturated heterocycles. The Balaban J connectivity index is 2.43. The summed E-state index contributed by atoms with van der Waals surface area (Å²) in [5, 5.41) is 4.67. The van der Waals surface area contributed by atoms with Gasteiger partial charge in [0.25, 0.3) is 0 Å². The van der Waals surface area contributed by atoms with Crippen LogP contribution < -0.4 is 0 Å². The van der Waals surface area contributed by atoms with Gasteiger partial charge in [0.15, 0.2) is 0 Å². The van der Waals surface area contributed by atoms with E-state index < -0.39 is 11.7 Å². The molecule has 0 N–H and O–H groups in total. The van der Waals surface area contributed by atoms with E-state index in [0.717, 1.165) is 11.6 Å². The Kier molecular flexibility index (Phi) is 1.92. The fourth-order valence-electron chi connectivity index (χ4n) is 1.92. The first-order valence-corrected chi connectivity index (χ1v) is 5.00. The molecule has 0 aliphatic carbocycles. The molecule has 86 valence electrons. The van der Waals surface area contributed by atoms with Crippen LogP contribution in [0.3, 0.4) is 0 Å². The summed E-state index contributed by atoms with van der Waals surface area (Å²) in [5.41, 5.74) is 0.0416. The predicted molar refractivity (Wildman–Crippen MR) is 57.7 cm³/mol. The van der Waals surface area contributed by atoms with Crippen molar-refractivity contribution in [3.8, 4) is 0 Å². The molecule has 2 nitrogen and oxygen atoms in total. The number of hydrogen-bond donors (Lipinski definition) is 0. The SMILES string of the molecule is FC(F)(F)c1cnn2c1ccc1ccccc12. The third kappa shape index (κ3) is 1.46. The average Bonchev–Trinajstić information content (AvgIpc) is 2.72. The van der Waals surface area contributed by atoms with E-state index >= 15 is 0 Å². The number of pyridine rings is 1. The van der Waals surface area contributed by atoms with Crippen LogP contribution in [0.2, 0.25) is 0 Å². The molecule has 0 atom stereocenters. The fraction of sp³-hybridized carbons (Fsp3) is 0.0833. The number of nitrogens with zero attached hydrogens (tertiary/aromatic N) is 2. The standard InChI is InChI=1S/C12H7F3N2/c13-12(14,15)9-7-16-17-10-4-2-1-3-8(10)5-6-11(9)17/h1-7H. The van der Waals surface area contributed by atoms with E-state index in [-0.39, 0.29) is 5.52 Å². The molecule has 0 aliphatic rings. The highest BCUT2D eigenvalue weighted by Crippen LogP contribution is 2.33. The van der Waals surface area contributed by atoms with E-state index in [1.807, 2.05) is 12.1 Å². The van der Waals surface area contributed by atoms with Gasteiger partial charge in [0.1, 0.15) is 5.56 Å². The smallest absolute Gasteiger partial charge is 0.232 e. The zero-order chi connectivity index (χ0) is 12.0. The Bertz CT molecular complexity index is 698. The molecule has 0 bridgehead atoms. The Morgan fingerprint density at radius 2 is 1.71 bits per heavy atom. The van der Waals surface area contributed by atoms with Crippen LogP contribution in [0.5, 0.6) is 0 Å². The highest BCUT2D eigenvalue weighted by Gasteiger charge is 2.34. The maximum Gasteiger partial charge on any atom is 0.420 e. The third-order valence-corrected chi connectivity index (χ3v) is 2.70. The average molecular weight is 236 g/mol. The van der Waals surface area contributed by atoms with Crippen LogP contribution in [-0.2, 0) is 6.18 Å². The molecule has 0 unspecified atom stereocenters. The van der Waals surface area contributed by atoms with E-state index in [9.17, 15) is 13.2 Å².